The maximum absolute atomic E-state index is 12.7. The fraction of sp³-hybridized carbons (Fsp3) is 0.316. The van der Waals surface area contributed by atoms with Crippen molar-refractivity contribution in [1.82, 2.24) is 4.31 Å². The smallest absolute Gasteiger partial charge is 0.255 e. The van der Waals surface area contributed by atoms with Gasteiger partial charge in [-0.3, -0.25) is 4.79 Å². The molecule has 0 saturated carbocycles. The summed E-state index contributed by atoms with van der Waals surface area (Å²) in [5.41, 5.74) is 1.07. The Morgan fingerprint density at radius 1 is 1.12 bits per heavy atom. The van der Waals surface area contributed by atoms with E-state index in [1.54, 1.807) is 12.1 Å². The zero-order valence-corrected chi connectivity index (χ0v) is 17.3. The van der Waals surface area contributed by atoms with Crippen LogP contribution in [0.25, 0.3) is 0 Å². The van der Waals surface area contributed by atoms with Gasteiger partial charge in [0.25, 0.3) is 5.91 Å². The number of nitrogens with zero attached hydrogens (tertiary/aromatic N) is 1. The number of hydrogen-bond acceptors (Lipinski definition) is 3. The van der Waals surface area contributed by atoms with Gasteiger partial charge in [-0.05, 0) is 48.9 Å². The quantitative estimate of drug-likeness (QED) is 0.658. The van der Waals surface area contributed by atoms with Crippen molar-refractivity contribution in [2.75, 3.05) is 18.4 Å². The molecular weight excluding hydrogens is 416 g/mol. The number of rotatable bonds is 8. The van der Waals surface area contributed by atoms with Crippen LogP contribution in [0.4, 0.5) is 5.69 Å². The van der Waals surface area contributed by atoms with Gasteiger partial charge in [-0.15, -0.1) is 0 Å². The number of nitrogens with one attached hydrogen (secondary N) is 1. The molecule has 2 aromatic rings. The lowest BCUT2D eigenvalue weighted by Crippen LogP contribution is -2.31. The van der Waals surface area contributed by atoms with Gasteiger partial charge in [0.05, 0.1) is 4.90 Å². The van der Waals surface area contributed by atoms with Gasteiger partial charge in [0.1, 0.15) is 0 Å². The third-order valence-electron chi connectivity index (χ3n) is 3.95. The average molecular weight is 439 g/mol. The zero-order valence-electron chi connectivity index (χ0n) is 14.9. The molecule has 0 spiro atoms. The molecule has 0 bridgehead atoms. The Kier molecular flexibility index (Phi) is 7.37. The highest BCUT2D eigenvalue weighted by Gasteiger charge is 2.22. The first-order chi connectivity index (χ1) is 12.4. The van der Waals surface area contributed by atoms with Gasteiger partial charge >= 0.3 is 0 Å². The molecule has 2 rings (SSSR count). The lowest BCUT2D eigenvalue weighted by molar-refractivity contribution is 0.102. The molecular formula is C19H23BrN2O3S. The first-order valence-corrected chi connectivity index (χ1v) is 10.8. The van der Waals surface area contributed by atoms with Crippen LogP contribution in [0.2, 0.25) is 0 Å². The number of sulfonamides is 1. The monoisotopic (exact) mass is 438 g/mol. The van der Waals surface area contributed by atoms with E-state index in [0.717, 1.165) is 17.3 Å². The Morgan fingerprint density at radius 3 is 2.38 bits per heavy atom. The molecule has 1 N–H and O–H groups in total. The summed E-state index contributed by atoms with van der Waals surface area (Å²) in [5, 5.41) is 2.79. The molecule has 2 aromatic carbocycles. The minimum Gasteiger partial charge on any atom is -0.322 e. The summed E-state index contributed by atoms with van der Waals surface area (Å²) < 4.78 is 27.7. The molecule has 7 heteroatoms. The van der Waals surface area contributed by atoms with E-state index in [1.165, 1.54) is 28.6 Å². The van der Waals surface area contributed by atoms with Gasteiger partial charge in [-0.25, -0.2) is 8.42 Å². The van der Waals surface area contributed by atoms with E-state index in [1.807, 2.05) is 26.0 Å². The molecule has 1 amide bonds. The van der Waals surface area contributed by atoms with Crippen molar-refractivity contribution in [3.8, 4) is 0 Å². The molecule has 0 radical (unpaired) electrons. The standard InChI is InChI=1S/C19H23BrN2O3S/c1-3-5-13-22(4-2)26(24,25)18-11-9-15(10-12-18)19(23)21-17-8-6-7-16(20)14-17/h6-12,14H,3-5,13H2,1-2H3,(H,21,23). The first-order valence-electron chi connectivity index (χ1n) is 8.55. The van der Waals surface area contributed by atoms with Crippen molar-refractivity contribution in [2.45, 2.75) is 31.6 Å². The number of anilines is 1. The summed E-state index contributed by atoms with van der Waals surface area (Å²) in [6.07, 6.45) is 1.75. The Hall–Kier alpha value is -1.70. The molecule has 140 valence electrons. The Labute approximate surface area is 163 Å². The molecule has 0 fully saturated rings. The topological polar surface area (TPSA) is 66.5 Å². The van der Waals surface area contributed by atoms with Crippen molar-refractivity contribution < 1.29 is 13.2 Å². The van der Waals surface area contributed by atoms with Gasteiger partial charge in [0, 0.05) is 28.8 Å². The van der Waals surface area contributed by atoms with Crippen LogP contribution < -0.4 is 5.32 Å². The fourth-order valence-corrected chi connectivity index (χ4v) is 4.37. The second kappa shape index (κ2) is 9.30. The lowest BCUT2D eigenvalue weighted by Gasteiger charge is -2.20. The summed E-state index contributed by atoms with van der Waals surface area (Å²) in [5.74, 6) is -0.287. The molecule has 0 heterocycles. The normalized spacial score (nSPS) is 11.5. The van der Waals surface area contributed by atoms with Crippen molar-refractivity contribution in [3.63, 3.8) is 0 Å². The summed E-state index contributed by atoms with van der Waals surface area (Å²) >= 11 is 3.36. The number of unbranched alkanes of at least 4 members (excludes halogenated alkanes) is 1. The van der Waals surface area contributed by atoms with Crippen LogP contribution in [0, 0.1) is 0 Å². The van der Waals surface area contributed by atoms with Crippen molar-refractivity contribution in [2.24, 2.45) is 0 Å². The van der Waals surface area contributed by atoms with E-state index in [2.05, 4.69) is 21.2 Å². The second-order valence-electron chi connectivity index (χ2n) is 5.84. The van der Waals surface area contributed by atoms with Crippen LogP contribution in [0.5, 0.6) is 0 Å². The lowest BCUT2D eigenvalue weighted by atomic mass is 10.2. The zero-order chi connectivity index (χ0) is 19.2. The molecule has 0 aliphatic rings. The number of halogens is 1. The highest BCUT2D eigenvalue weighted by molar-refractivity contribution is 9.10. The Morgan fingerprint density at radius 2 is 1.81 bits per heavy atom. The number of amides is 1. The van der Waals surface area contributed by atoms with Crippen molar-refractivity contribution >= 4 is 37.5 Å². The minimum atomic E-state index is -3.53. The van der Waals surface area contributed by atoms with Crippen LogP contribution in [0.3, 0.4) is 0 Å². The van der Waals surface area contributed by atoms with Crippen molar-refractivity contribution in [3.05, 3.63) is 58.6 Å². The molecule has 0 atom stereocenters. The Balaban J connectivity index is 2.15. The number of carbonyl (C=O) groups is 1. The van der Waals surface area contributed by atoms with Gasteiger partial charge in [0.15, 0.2) is 0 Å². The summed E-state index contributed by atoms with van der Waals surface area (Å²) in [6, 6.07) is 13.3. The Bertz CT molecular complexity index is 851. The first kappa shape index (κ1) is 20.6. The van der Waals surface area contributed by atoms with E-state index in [-0.39, 0.29) is 10.8 Å². The van der Waals surface area contributed by atoms with Crippen LogP contribution >= 0.6 is 15.9 Å². The van der Waals surface area contributed by atoms with Crippen LogP contribution in [0.15, 0.2) is 57.9 Å². The summed E-state index contributed by atoms with van der Waals surface area (Å²) in [6.45, 7) is 4.78. The maximum atomic E-state index is 12.7. The maximum Gasteiger partial charge on any atom is 0.255 e. The number of benzene rings is 2. The fourth-order valence-electron chi connectivity index (χ4n) is 2.48. The predicted octanol–water partition coefficient (Wildman–Crippen LogP) is 4.51. The van der Waals surface area contributed by atoms with Crippen LogP contribution in [-0.4, -0.2) is 31.7 Å². The molecule has 26 heavy (non-hydrogen) atoms. The molecule has 0 aromatic heterocycles. The molecule has 0 aliphatic carbocycles. The van der Waals surface area contributed by atoms with Crippen molar-refractivity contribution in [1.29, 1.82) is 0 Å². The average Bonchev–Trinajstić information content (AvgIpc) is 2.62. The highest BCUT2D eigenvalue weighted by Crippen LogP contribution is 2.19. The van der Waals surface area contributed by atoms with Gasteiger partial charge in [-0.1, -0.05) is 42.3 Å². The molecule has 5 nitrogen and oxygen atoms in total. The van der Waals surface area contributed by atoms with Crippen LogP contribution in [0.1, 0.15) is 37.0 Å². The predicted molar refractivity (Wildman–Crippen MR) is 108 cm³/mol. The number of hydrogen-bond donors (Lipinski definition) is 1. The number of carbonyl (C=O) groups excluding carboxylic acids is 1. The molecule has 0 unspecified atom stereocenters. The summed E-state index contributed by atoms with van der Waals surface area (Å²) in [7, 11) is -3.53. The second-order valence-corrected chi connectivity index (χ2v) is 8.69. The molecule has 0 aliphatic heterocycles. The van der Waals surface area contributed by atoms with Gasteiger partial charge in [-0.2, -0.15) is 4.31 Å². The SMILES string of the molecule is CCCCN(CC)S(=O)(=O)c1ccc(C(=O)Nc2cccc(Br)c2)cc1. The highest BCUT2D eigenvalue weighted by atomic mass is 79.9. The summed E-state index contributed by atoms with van der Waals surface area (Å²) in [4.78, 5) is 12.5. The van der Waals surface area contributed by atoms with E-state index in [0.29, 0.717) is 24.3 Å². The van der Waals surface area contributed by atoms with Gasteiger partial charge in [0.2, 0.25) is 10.0 Å². The largest absolute Gasteiger partial charge is 0.322 e. The van der Waals surface area contributed by atoms with E-state index in [9.17, 15) is 13.2 Å². The van der Waals surface area contributed by atoms with Crippen LogP contribution in [-0.2, 0) is 10.0 Å². The van der Waals surface area contributed by atoms with E-state index < -0.39 is 10.0 Å². The van der Waals surface area contributed by atoms with Gasteiger partial charge < -0.3 is 5.32 Å². The van der Waals surface area contributed by atoms with E-state index in [4.69, 9.17) is 0 Å². The third-order valence-corrected chi connectivity index (χ3v) is 6.43. The minimum absolute atomic E-state index is 0.203. The third kappa shape index (κ3) is 5.16. The van der Waals surface area contributed by atoms with E-state index >= 15 is 0 Å². The molecule has 0 saturated heterocycles.